The van der Waals surface area contributed by atoms with Crippen molar-refractivity contribution >= 4 is 21.6 Å². The first-order valence-corrected chi connectivity index (χ1v) is 9.01. The fraction of sp³-hybridized carbons (Fsp3) is 0.533. The van der Waals surface area contributed by atoms with Crippen molar-refractivity contribution in [1.29, 1.82) is 0 Å². The molecule has 7 heteroatoms. The molecule has 0 bridgehead atoms. The Labute approximate surface area is 131 Å². The third kappa shape index (κ3) is 3.71. The van der Waals surface area contributed by atoms with Crippen molar-refractivity contribution in [2.24, 2.45) is 0 Å². The monoisotopic (exact) mass is 326 g/mol. The summed E-state index contributed by atoms with van der Waals surface area (Å²) in [5, 5.41) is 0. The minimum absolute atomic E-state index is 0.0493. The molecule has 1 fully saturated rings. The summed E-state index contributed by atoms with van der Waals surface area (Å²) >= 11 is 0. The first kappa shape index (κ1) is 16.6. The van der Waals surface area contributed by atoms with Crippen molar-refractivity contribution in [2.75, 3.05) is 36.8 Å². The van der Waals surface area contributed by atoms with E-state index >= 15 is 0 Å². The first-order chi connectivity index (χ1) is 10.5. The number of sulfonamides is 1. The Bertz CT molecular complexity index is 607. The van der Waals surface area contributed by atoms with Gasteiger partial charge in [-0.05, 0) is 44.0 Å². The third-order valence-electron chi connectivity index (χ3n) is 3.80. The van der Waals surface area contributed by atoms with Gasteiger partial charge < -0.3 is 9.64 Å². The summed E-state index contributed by atoms with van der Waals surface area (Å²) in [6.07, 6.45) is 1.96. The molecule has 122 valence electrons. The lowest BCUT2D eigenvalue weighted by Crippen LogP contribution is -2.42. The smallest absolute Gasteiger partial charge is 0.243 e. The van der Waals surface area contributed by atoms with E-state index in [0.29, 0.717) is 24.5 Å². The molecule has 1 heterocycles. The molecule has 2 rings (SSSR count). The Morgan fingerprint density at radius 1 is 1.23 bits per heavy atom. The molecule has 1 aliphatic heterocycles. The lowest BCUT2D eigenvalue weighted by molar-refractivity contribution is -0.128. The van der Waals surface area contributed by atoms with Gasteiger partial charge in [-0.25, -0.2) is 8.42 Å². The largest absolute Gasteiger partial charge is 0.497 e. The van der Waals surface area contributed by atoms with Crippen molar-refractivity contribution in [2.45, 2.75) is 19.8 Å². The topological polar surface area (TPSA) is 66.9 Å². The van der Waals surface area contributed by atoms with Gasteiger partial charge in [-0.1, -0.05) is 0 Å². The molecule has 0 aliphatic carbocycles. The summed E-state index contributed by atoms with van der Waals surface area (Å²) < 4.78 is 30.9. The fourth-order valence-corrected chi connectivity index (χ4v) is 3.51. The van der Waals surface area contributed by atoms with Gasteiger partial charge >= 0.3 is 0 Å². The number of benzene rings is 1. The number of hydrogen-bond acceptors (Lipinski definition) is 4. The van der Waals surface area contributed by atoms with Crippen LogP contribution in [-0.2, 0) is 14.8 Å². The number of anilines is 1. The van der Waals surface area contributed by atoms with Crippen LogP contribution in [0.1, 0.15) is 19.8 Å². The Kier molecular flexibility index (Phi) is 5.28. The fourth-order valence-electron chi connectivity index (χ4n) is 2.44. The highest BCUT2D eigenvalue weighted by Crippen LogP contribution is 2.22. The van der Waals surface area contributed by atoms with Gasteiger partial charge in [0.05, 0.1) is 18.6 Å². The number of ether oxygens (including phenoxy) is 1. The number of hydrogen-bond donors (Lipinski definition) is 0. The third-order valence-corrected chi connectivity index (χ3v) is 5.54. The molecule has 0 atom stereocenters. The lowest BCUT2D eigenvalue weighted by Gasteiger charge is -2.26. The van der Waals surface area contributed by atoms with Gasteiger partial charge in [0.25, 0.3) is 0 Å². The van der Waals surface area contributed by atoms with E-state index < -0.39 is 10.0 Å². The standard InChI is InChI=1S/C15H22N2O4S/c1-3-22(19,20)17(12-15(18)16-10-4-5-11-16)13-6-8-14(21-2)9-7-13/h6-9H,3-5,10-12H2,1-2H3. The number of rotatable bonds is 6. The van der Waals surface area contributed by atoms with Gasteiger partial charge in [-0.2, -0.15) is 0 Å². The van der Waals surface area contributed by atoms with Crippen LogP contribution >= 0.6 is 0 Å². The lowest BCUT2D eigenvalue weighted by atomic mass is 10.3. The van der Waals surface area contributed by atoms with Crippen LogP contribution in [0.5, 0.6) is 5.75 Å². The molecule has 1 aromatic carbocycles. The molecule has 0 unspecified atom stereocenters. The van der Waals surface area contributed by atoms with Crippen LogP contribution < -0.4 is 9.04 Å². The van der Waals surface area contributed by atoms with Crippen molar-refractivity contribution < 1.29 is 17.9 Å². The Morgan fingerprint density at radius 3 is 2.32 bits per heavy atom. The Balaban J connectivity index is 2.24. The number of carbonyl (C=O) groups is 1. The molecule has 6 nitrogen and oxygen atoms in total. The quantitative estimate of drug-likeness (QED) is 0.794. The highest BCUT2D eigenvalue weighted by atomic mass is 32.2. The molecule has 22 heavy (non-hydrogen) atoms. The molecule has 1 aliphatic rings. The van der Waals surface area contributed by atoms with E-state index in [0.717, 1.165) is 12.8 Å². The second-order valence-electron chi connectivity index (χ2n) is 5.19. The number of carbonyl (C=O) groups excluding carboxylic acids is 1. The van der Waals surface area contributed by atoms with Gasteiger partial charge in [0, 0.05) is 13.1 Å². The Hall–Kier alpha value is -1.76. The summed E-state index contributed by atoms with van der Waals surface area (Å²) in [7, 11) is -1.96. The first-order valence-electron chi connectivity index (χ1n) is 7.40. The number of likely N-dealkylation sites (tertiary alicyclic amines) is 1. The molecule has 1 saturated heterocycles. The van der Waals surface area contributed by atoms with E-state index in [1.807, 2.05) is 0 Å². The molecule has 0 spiro atoms. The molecular weight excluding hydrogens is 304 g/mol. The van der Waals surface area contributed by atoms with Gasteiger partial charge in [0.2, 0.25) is 15.9 Å². The zero-order valence-electron chi connectivity index (χ0n) is 13.0. The second-order valence-corrected chi connectivity index (χ2v) is 7.38. The van der Waals surface area contributed by atoms with Crippen LogP contribution in [0.3, 0.4) is 0 Å². The number of nitrogens with zero attached hydrogens (tertiary/aromatic N) is 2. The predicted molar refractivity (Wildman–Crippen MR) is 85.6 cm³/mol. The van der Waals surface area contributed by atoms with Crippen molar-refractivity contribution in [3.05, 3.63) is 24.3 Å². The summed E-state index contributed by atoms with van der Waals surface area (Å²) in [6.45, 7) is 2.84. The average Bonchev–Trinajstić information content (AvgIpc) is 3.07. The van der Waals surface area contributed by atoms with Crippen molar-refractivity contribution in [1.82, 2.24) is 4.90 Å². The Morgan fingerprint density at radius 2 is 1.82 bits per heavy atom. The summed E-state index contributed by atoms with van der Waals surface area (Å²) in [4.78, 5) is 14.0. The van der Waals surface area contributed by atoms with Crippen molar-refractivity contribution in [3.63, 3.8) is 0 Å². The van der Waals surface area contributed by atoms with Gasteiger partial charge in [-0.15, -0.1) is 0 Å². The van der Waals surface area contributed by atoms with Crippen LogP contribution in [0.15, 0.2) is 24.3 Å². The maximum Gasteiger partial charge on any atom is 0.243 e. The summed E-state index contributed by atoms with van der Waals surface area (Å²) in [5.41, 5.74) is 0.482. The van der Waals surface area contributed by atoms with Crippen LogP contribution in [0.2, 0.25) is 0 Å². The maximum atomic E-state index is 12.3. The highest BCUT2D eigenvalue weighted by Gasteiger charge is 2.27. The van der Waals surface area contributed by atoms with Crippen LogP contribution in [0.4, 0.5) is 5.69 Å². The van der Waals surface area contributed by atoms with E-state index in [-0.39, 0.29) is 18.2 Å². The molecule has 0 saturated carbocycles. The van der Waals surface area contributed by atoms with E-state index in [1.165, 1.54) is 4.31 Å². The minimum atomic E-state index is -3.51. The molecule has 1 amide bonds. The van der Waals surface area contributed by atoms with Gasteiger partial charge in [0.1, 0.15) is 12.3 Å². The van der Waals surface area contributed by atoms with Gasteiger partial charge in [0.15, 0.2) is 0 Å². The van der Waals surface area contributed by atoms with E-state index in [1.54, 1.807) is 43.2 Å². The molecule has 0 aromatic heterocycles. The van der Waals surface area contributed by atoms with Crippen LogP contribution in [0.25, 0.3) is 0 Å². The van der Waals surface area contributed by atoms with E-state index in [4.69, 9.17) is 4.74 Å². The summed E-state index contributed by atoms with van der Waals surface area (Å²) in [5.74, 6) is 0.445. The van der Waals surface area contributed by atoms with E-state index in [9.17, 15) is 13.2 Å². The normalized spacial score (nSPS) is 14.9. The SMILES string of the molecule is CCS(=O)(=O)N(CC(=O)N1CCCC1)c1ccc(OC)cc1. The number of methoxy groups -OCH3 is 1. The molecule has 0 N–H and O–H groups in total. The van der Waals surface area contributed by atoms with Gasteiger partial charge in [-0.3, -0.25) is 9.10 Å². The van der Waals surface area contributed by atoms with Crippen LogP contribution in [0, 0.1) is 0 Å². The summed E-state index contributed by atoms with van der Waals surface area (Å²) in [6, 6.07) is 6.69. The maximum absolute atomic E-state index is 12.3. The van der Waals surface area contributed by atoms with E-state index in [2.05, 4.69) is 0 Å². The highest BCUT2D eigenvalue weighted by molar-refractivity contribution is 7.92. The molecular formula is C15H22N2O4S. The zero-order chi connectivity index (χ0) is 16.2. The van der Waals surface area contributed by atoms with Crippen molar-refractivity contribution in [3.8, 4) is 5.75 Å². The zero-order valence-corrected chi connectivity index (χ0v) is 13.8. The predicted octanol–water partition coefficient (Wildman–Crippen LogP) is 1.47. The minimum Gasteiger partial charge on any atom is -0.497 e. The average molecular weight is 326 g/mol. The number of amides is 1. The van der Waals surface area contributed by atoms with Crippen LogP contribution in [-0.4, -0.2) is 51.7 Å². The second kappa shape index (κ2) is 7.00. The molecule has 0 radical (unpaired) electrons. The molecule has 1 aromatic rings.